The molecule has 3 rings (SSSR count). The van der Waals surface area contributed by atoms with E-state index in [0.717, 1.165) is 42.9 Å². The van der Waals surface area contributed by atoms with Crippen LogP contribution in [0, 0.1) is 0 Å². The molecule has 2 heterocycles. The molecule has 2 aromatic rings. The van der Waals surface area contributed by atoms with Crippen LogP contribution < -0.4 is 16.1 Å². The van der Waals surface area contributed by atoms with Gasteiger partial charge in [-0.2, -0.15) is 0 Å². The Morgan fingerprint density at radius 2 is 1.50 bits per heavy atom. The molecule has 11 heteroatoms. The molecule has 174 valence electrons. The van der Waals surface area contributed by atoms with E-state index >= 15 is 0 Å². The Labute approximate surface area is 184 Å². The van der Waals surface area contributed by atoms with Crippen molar-refractivity contribution in [2.24, 2.45) is 14.1 Å². The zero-order valence-corrected chi connectivity index (χ0v) is 18.0. The number of anilines is 1. The highest BCUT2D eigenvalue weighted by Gasteiger charge is 2.22. The third kappa shape index (κ3) is 6.28. The van der Waals surface area contributed by atoms with Crippen molar-refractivity contribution in [3.8, 4) is 0 Å². The van der Waals surface area contributed by atoms with Gasteiger partial charge in [-0.3, -0.25) is 18.8 Å². The van der Waals surface area contributed by atoms with Crippen LogP contribution in [0.3, 0.4) is 0 Å². The molecule has 1 saturated heterocycles. The fourth-order valence-electron chi connectivity index (χ4n) is 3.49. The summed E-state index contributed by atoms with van der Waals surface area (Å²) >= 11 is 0. The first kappa shape index (κ1) is 24.8. The van der Waals surface area contributed by atoms with Crippen LogP contribution >= 0.6 is 0 Å². The van der Waals surface area contributed by atoms with Crippen LogP contribution in [-0.2, 0) is 23.7 Å². The molecule has 1 fully saturated rings. The van der Waals surface area contributed by atoms with Gasteiger partial charge in [-0.25, -0.2) is 14.4 Å². The Kier molecular flexibility index (Phi) is 8.73. The van der Waals surface area contributed by atoms with Gasteiger partial charge < -0.3 is 20.2 Å². The Morgan fingerprint density at radius 1 is 0.938 bits per heavy atom. The van der Waals surface area contributed by atoms with Gasteiger partial charge in [0.25, 0.3) is 5.56 Å². The number of aromatic nitrogens is 2. The monoisotopic (exact) mass is 448 g/mol. The van der Waals surface area contributed by atoms with Crippen molar-refractivity contribution in [2.45, 2.75) is 5.92 Å². The molecule has 0 aliphatic carbocycles. The van der Waals surface area contributed by atoms with Gasteiger partial charge in [-0.15, -0.1) is 0 Å². The summed E-state index contributed by atoms with van der Waals surface area (Å²) in [5, 5.41) is 24.5. The van der Waals surface area contributed by atoms with Crippen LogP contribution in [0.4, 0.5) is 5.82 Å². The number of aliphatic hydroxyl groups is 1. The summed E-state index contributed by atoms with van der Waals surface area (Å²) in [5.74, 6) is -2.89. The first-order chi connectivity index (χ1) is 15.1. The molecule has 0 spiro atoms. The van der Waals surface area contributed by atoms with E-state index in [2.05, 4.69) is 9.80 Å². The molecule has 0 radical (unpaired) electrons. The lowest BCUT2D eigenvalue weighted by atomic mass is 9.99. The van der Waals surface area contributed by atoms with E-state index < -0.39 is 11.9 Å². The summed E-state index contributed by atoms with van der Waals surface area (Å²) in [4.78, 5) is 46.7. The van der Waals surface area contributed by atoms with Gasteiger partial charge in [0.2, 0.25) is 0 Å². The highest BCUT2D eigenvalue weighted by molar-refractivity contribution is 6.27. The lowest BCUT2D eigenvalue weighted by Crippen LogP contribution is -2.50. The predicted molar refractivity (Wildman–Crippen MR) is 117 cm³/mol. The second-order valence-corrected chi connectivity index (χ2v) is 7.43. The SMILES string of the molecule is Cn1c(N2CCN(CC(CO)c3ccccc3)CC2)cc(=O)n(C)c1=O.O=C(O)C(=O)O. The van der Waals surface area contributed by atoms with Crippen molar-refractivity contribution in [3.05, 3.63) is 62.8 Å². The van der Waals surface area contributed by atoms with E-state index in [1.165, 1.54) is 17.7 Å². The van der Waals surface area contributed by atoms with Crippen molar-refractivity contribution >= 4 is 17.8 Å². The standard InChI is InChI=1S/C19H26N4O3.C2H2O4/c1-20-17(12-18(25)21(2)19(20)26)23-10-8-22(9-11-23)13-16(14-24)15-6-4-3-5-7-15;3-1(4)2(5)6/h3-7,12,16,24H,8-11,13-14H2,1-2H3;(H,3,4)(H,5,6). The highest BCUT2D eigenvalue weighted by atomic mass is 16.4. The van der Waals surface area contributed by atoms with Crippen molar-refractivity contribution in [1.29, 1.82) is 0 Å². The second kappa shape index (κ2) is 11.3. The minimum absolute atomic E-state index is 0.0936. The minimum Gasteiger partial charge on any atom is -0.473 e. The molecule has 32 heavy (non-hydrogen) atoms. The van der Waals surface area contributed by atoms with Crippen LogP contribution in [0.15, 0.2) is 46.0 Å². The molecule has 3 N–H and O–H groups in total. The summed E-state index contributed by atoms with van der Waals surface area (Å²) in [6, 6.07) is 11.6. The van der Waals surface area contributed by atoms with E-state index in [0.29, 0.717) is 5.82 Å². The lowest BCUT2D eigenvalue weighted by molar-refractivity contribution is -0.159. The number of piperazine rings is 1. The van der Waals surface area contributed by atoms with Gasteiger partial charge in [0, 0.05) is 58.8 Å². The number of rotatable bonds is 5. The minimum atomic E-state index is -1.82. The maximum absolute atomic E-state index is 12.1. The quantitative estimate of drug-likeness (QED) is 0.497. The zero-order chi connectivity index (χ0) is 23.8. The number of carboxylic acids is 2. The molecule has 1 aliphatic heterocycles. The summed E-state index contributed by atoms with van der Waals surface area (Å²) in [6.45, 7) is 4.05. The Morgan fingerprint density at radius 3 is 2.00 bits per heavy atom. The van der Waals surface area contributed by atoms with Crippen LogP contribution in [0.1, 0.15) is 11.5 Å². The Bertz CT molecular complexity index is 1030. The number of hydrogen-bond donors (Lipinski definition) is 3. The number of hydrogen-bond acceptors (Lipinski definition) is 7. The summed E-state index contributed by atoms with van der Waals surface area (Å²) in [7, 11) is 3.19. The highest BCUT2D eigenvalue weighted by Crippen LogP contribution is 2.19. The fourth-order valence-corrected chi connectivity index (χ4v) is 3.49. The first-order valence-corrected chi connectivity index (χ1v) is 10.0. The maximum atomic E-state index is 12.1. The third-order valence-corrected chi connectivity index (χ3v) is 5.35. The number of carboxylic acid groups (broad SMARTS) is 2. The molecule has 1 atom stereocenters. The van der Waals surface area contributed by atoms with Gasteiger partial charge in [0.1, 0.15) is 5.82 Å². The summed E-state index contributed by atoms with van der Waals surface area (Å²) in [6.07, 6.45) is 0. The van der Waals surface area contributed by atoms with Crippen molar-refractivity contribution in [2.75, 3.05) is 44.2 Å². The molecule has 11 nitrogen and oxygen atoms in total. The van der Waals surface area contributed by atoms with Crippen molar-refractivity contribution in [1.82, 2.24) is 14.0 Å². The fraction of sp³-hybridized carbons (Fsp3) is 0.429. The Balaban J connectivity index is 0.000000534. The van der Waals surface area contributed by atoms with E-state index in [-0.39, 0.29) is 23.8 Å². The average molecular weight is 448 g/mol. The van der Waals surface area contributed by atoms with Crippen LogP contribution in [0.5, 0.6) is 0 Å². The summed E-state index contributed by atoms with van der Waals surface area (Å²) in [5.41, 5.74) is 0.556. The predicted octanol–water partition coefficient (Wildman–Crippen LogP) is -0.862. The van der Waals surface area contributed by atoms with E-state index in [1.54, 1.807) is 7.05 Å². The van der Waals surface area contributed by atoms with E-state index in [9.17, 15) is 14.7 Å². The third-order valence-electron chi connectivity index (χ3n) is 5.35. The van der Waals surface area contributed by atoms with Gasteiger partial charge in [0.05, 0.1) is 6.61 Å². The maximum Gasteiger partial charge on any atom is 0.414 e. The van der Waals surface area contributed by atoms with E-state index in [1.807, 2.05) is 30.3 Å². The molecule has 0 bridgehead atoms. The van der Waals surface area contributed by atoms with Crippen molar-refractivity contribution < 1.29 is 24.9 Å². The van der Waals surface area contributed by atoms with Gasteiger partial charge in [0.15, 0.2) is 0 Å². The molecule has 1 unspecified atom stereocenters. The first-order valence-electron chi connectivity index (χ1n) is 10.0. The number of carbonyl (C=O) groups is 2. The van der Waals surface area contributed by atoms with Gasteiger partial charge >= 0.3 is 17.6 Å². The smallest absolute Gasteiger partial charge is 0.414 e. The number of aliphatic carboxylic acids is 2. The van der Waals surface area contributed by atoms with E-state index in [4.69, 9.17) is 19.8 Å². The van der Waals surface area contributed by atoms with Crippen molar-refractivity contribution in [3.63, 3.8) is 0 Å². The normalized spacial score (nSPS) is 14.9. The zero-order valence-electron chi connectivity index (χ0n) is 18.0. The lowest BCUT2D eigenvalue weighted by Gasteiger charge is -2.37. The topological polar surface area (TPSA) is 145 Å². The van der Waals surface area contributed by atoms with Crippen LogP contribution in [0.25, 0.3) is 0 Å². The molecular formula is C21H28N4O7. The molecule has 0 saturated carbocycles. The summed E-state index contributed by atoms with van der Waals surface area (Å²) < 4.78 is 2.64. The molecule has 0 amide bonds. The number of aliphatic hydroxyl groups excluding tert-OH is 1. The van der Waals surface area contributed by atoms with Gasteiger partial charge in [-0.1, -0.05) is 30.3 Å². The molecular weight excluding hydrogens is 420 g/mol. The van der Waals surface area contributed by atoms with Gasteiger partial charge in [-0.05, 0) is 5.56 Å². The second-order valence-electron chi connectivity index (χ2n) is 7.43. The number of benzene rings is 1. The molecule has 1 aromatic carbocycles. The average Bonchev–Trinajstić information content (AvgIpc) is 2.80. The molecule has 1 aliphatic rings. The van der Waals surface area contributed by atoms with Crippen LogP contribution in [0.2, 0.25) is 0 Å². The largest absolute Gasteiger partial charge is 0.473 e. The number of nitrogens with zero attached hydrogens (tertiary/aromatic N) is 4. The Hall–Kier alpha value is -3.44. The van der Waals surface area contributed by atoms with Crippen LogP contribution in [-0.4, -0.2) is 80.6 Å². The molecule has 1 aromatic heterocycles.